The van der Waals surface area contributed by atoms with Crippen molar-refractivity contribution in [2.24, 2.45) is 5.73 Å². The summed E-state index contributed by atoms with van der Waals surface area (Å²) in [5.74, 6) is -0.141. The standard InChI is InChI=1S/C20H25N3O5/c1-3-27-15-8-9-17(28-11-10-26-2)16(12-15)18(20(24)25)23-14-6-4-13(5-7-14)19(21)22/h4-9,12,18,23H,3,10-11H2,1-2H3,(H3,21,22)(H,24,25). The van der Waals surface area contributed by atoms with Crippen LogP contribution >= 0.6 is 0 Å². The first-order valence-electron chi connectivity index (χ1n) is 8.78. The van der Waals surface area contributed by atoms with E-state index in [9.17, 15) is 9.90 Å². The van der Waals surface area contributed by atoms with Gasteiger partial charge in [-0.05, 0) is 49.4 Å². The fourth-order valence-corrected chi connectivity index (χ4v) is 2.56. The van der Waals surface area contributed by atoms with Crippen molar-refractivity contribution in [1.29, 1.82) is 5.41 Å². The molecule has 1 atom stereocenters. The Morgan fingerprint density at radius 3 is 2.46 bits per heavy atom. The van der Waals surface area contributed by atoms with Crippen LogP contribution < -0.4 is 20.5 Å². The number of rotatable bonds is 11. The van der Waals surface area contributed by atoms with Crippen LogP contribution in [0.5, 0.6) is 11.5 Å². The Labute approximate surface area is 163 Å². The molecule has 2 rings (SSSR count). The third kappa shape index (κ3) is 5.62. The summed E-state index contributed by atoms with van der Waals surface area (Å²) in [5.41, 5.74) is 7.02. The van der Waals surface area contributed by atoms with Crippen molar-refractivity contribution in [1.82, 2.24) is 0 Å². The van der Waals surface area contributed by atoms with Gasteiger partial charge in [0, 0.05) is 23.9 Å². The molecule has 0 bridgehead atoms. The number of carboxylic acids is 1. The van der Waals surface area contributed by atoms with Crippen LogP contribution in [-0.2, 0) is 9.53 Å². The number of hydrogen-bond donors (Lipinski definition) is 4. The minimum atomic E-state index is -1.07. The molecule has 0 aliphatic carbocycles. The molecule has 0 fully saturated rings. The second-order valence-electron chi connectivity index (χ2n) is 5.88. The Balaban J connectivity index is 2.34. The summed E-state index contributed by atoms with van der Waals surface area (Å²) in [4.78, 5) is 12.0. The van der Waals surface area contributed by atoms with Crippen molar-refractivity contribution in [2.45, 2.75) is 13.0 Å². The third-order valence-corrected chi connectivity index (χ3v) is 3.90. The van der Waals surface area contributed by atoms with Crippen molar-refractivity contribution < 1.29 is 24.1 Å². The smallest absolute Gasteiger partial charge is 0.330 e. The fraction of sp³-hybridized carbons (Fsp3) is 0.300. The second-order valence-corrected chi connectivity index (χ2v) is 5.88. The highest BCUT2D eigenvalue weighted by Gasteiger charge is 2.24. The first-order chi connectivity index (χ1) is 13.5. The molecular formula is C20H25N3O5. The zero-order valence-electron chi connectivity index (χ0n) is 15.9. The number of aliphatic carboxylic acids is 1. The van der Waals surface area contributed by atoms with Gasteiger partial charge in [0.2, 0.25) is 0 Å². The van der Waals surface area contributed by atoms with E-state index in [-0.39, 0.29) is 12.4 Å². The van der Waals surface area contributed by atoms with Gasteiger partial charge in [-0.3, -0.25) is 5.41 Å². The molecule has 0 spiro atoms. The molecule has 150 valence electrons. The van der Waals surface area contributed by atoms with Crippen LogP contribution in [0.3, 0.4) is 0 Å². The van der Waals surface area contributed by atoms with Crippen LogP contribution in [0.1, 0.15) is 24.1 Å². The van der Waals surface area contributed by atoms with E-state index in [2.05, 4.69) is 5.32 Å². The van der Waals surface area contributed by atoms with E-state index in [4.69, 9.17) is 25.4 Å². The molecule has 0 aromatic heterocycles. The SMILES string of the molecule is CCOc1ccc(OCCOC)c(C(Nc2ccc(C(=N)N)cc2)C(=O)O)c1. The molecule has 0 saturated heterocycles. The number of ether oxygens (including phenoxy) is 3. The van der Waals surface area contributed by atoms with Gasteiger partial charge in [0.1, 0.15) is 23.9 Å². The Morgan fingerprint density at radius 2 is 1.89 bits per heavy atom. The van der Waals surface area contributed by atoms with Gasteiger partial charge in [0.15, 0.2) is 6.04 Å². The maximum absolute atomic E-state index is 12.0. The first-order valence-corrected chi connectivity index (χ1v) is 8.78. The molecule has 2 aromatic rings. The van der Waals surface area contributed by atoms with Gasteiger partial charge in [-0.25, -0.2) is 4.79 Å². The van der Waals surface area contributed by atoms with E-state index in [0.717, 1.165) is 0 Å². The summed E-state index contributed by atoms with van der Waals surface area (Å²) in [6.45, 7) is 2.98. The number of anilines is 1. The van der Waals surface area contributed by atoms with Crippen molar-refractivity contribution >= 4 is 17.5 Å². The average Bonchev–Trinajstić information content (AvgIpc) is 2.67. The maximum Gasteiger partial charge on any atom is 0.330 e. The lowest BCUT2D eigenvalue weighted by Crippen LogP contribution is -2.22. The predicted octanol–water partition coefficient (Wildman–Crippen LogP) is 2.63. The van der Waals surface area contributed by atoms with Crippen LogP contribution in [0.25, 0.3) is 0 Å². The number of carboxylic acid groups (broad SMARTS) is 1. The molecule has 0 aliphatic heterocycles. The van der Waals surface area contributed by atoms with Crippen molar-refractivity contribution in [2.75, 3.05) is 32.2 Å². The van der Waals surface area contributed by atoms with Gasteiger partial charge < -0.3 is 30.4 Å². The quantitative estimate of drug-likeness (QED) is 0.265. The average molecular weight is 387 g/mol. The number of nitrogen functional groups attached to an aromatic ring is 1. The van der Waals surface area contributed by atoms with E-state index in [1.54, 1.807) is 49.6 Å². The molecule has 8 heteroatoms. The number of hydrogen-bond acceptors (Lipinski definition) is 6. The normalized spacial score (nSPS) is 11.5. The zero-order chi connectivity index (χ0) is 20.5. The molecule has 5 N–H and O–H groups in total. The molecule has 0 radical (unpaired) electrons. The number of benzene rings is 2. The summed E-state index contributed by atoms with van der Waals surface area (Å²) in [5, 5.41) is 20.2. The Kier molecular flexibility index (Phi) is 7.65. The zero-order valence-corrected chi connectivity index (χ0v) is 15.9. The molecule has 0 saturated carbocycles. The third-order valence-electron chi connectivity index (χ3n) is 3.90. The Hall–Kier alpha value is -3.26. The van der Waals surface area contributed by atoms with Crippen LogP contribution in [0.2, 0.25) is 0 Å². The summed E-state index contributed by atoms with van der Waals surface area (Å²) in [6.07, 6.45) is 0. The highest BCUT2D eigenvalue weighted by Crippen LogP contribution is 2.32. The molecule has 1 unspecified atom stereocenters. The van der Waals surface area contributed by atoms with Gasteiger partial charge in [-0.1, -0.05) is 0 Å². The number of nitrogens with two attached hydrogens (primary N) is 1. The largest absolute Gasteiger partial charge is 0.494 e. The van der Waals surface area contributed by atoms with E-state index in [0.29, 0.717) is 41.5 Å². The topological polar surface area (TPSA) is 127 Å². The Morgan fingerprint density at radius 1 is 1.18 bits per heavy atom. The lowest BCUT2D eigenvalue weighted by Gasteiger charge is -2.20. The number of methoxy groups -OCH3 is 1. The Bertz CT molecular complexity index is 808. The number of carbonyl (C=O) groups is 1. The van der Waals surface area contributed by atoms with Gasteiger partial charge in [0.25, 0.3) is 0 Å². The lowest BCUT2D eigenvalue weighted by atomic mass is 10.0. The maximum atomic E-state index is 12.0. The molecule has 2 aromatic carbocycles. The van der Waals surface area contributed by atoms with E-state index < -0.39 is 12.0 Å². The van der Waals surface area contributed by atoms with E-state index >= 15 is 0 Å². The lowest BCUT2D eigenvalue weighted by molar-refractivity contribution is -0.138. The molecule has 0 amide bonds. The summed E-state index contributed by atoms with van der Waals surface area (Å²) >= 11 is 0. The minimum Gasteiger partial charge on any atom is -0.494 e. The first kappa shape index (κ1) is 21.0. The van der Waals surface area contributed by atoms with Gasteiger partial charge in [0.05, 0.1) is 13.2 Å². The van der Waals surface area contributed by atoms with Crippen molar-refractivity contribution in [3.63, 3.8) is 0 Å². The van der Waals surface area contributed by atoms with Gasteiger partial charge in [-0.2, -0.15) is 0 Å². The van der Waals surface area contributed by atoms with Crippen LogP contribution in [0.4, 0.5) is 5.69 Å². The number of nitrogens with one attached hydrogen (secondary N) is 2. The van der Waals surface area contributed by atoms with Gasteiger partial charge in [-0.15, -0.1) is 0 Å². The fourth-order valence-electron chi connectivity index (χ4n) is 2.56. The molecular weight excluding hydrogens is 362 g/mol. The molecule has 0 aliphatic rings. The van der Waals surface area contributed by atoms with Crippen molar-refractivity contribution in [3.8, 4) is 11.5 Å². The van der Waals surface area contributed by atoms with Crippen LogP contribution in [-0.4, -0.2) is 43.8 Å². The van der Waals surface area contributed by atoms with Crippen LogP contribution in [0, 0.1) is 5.41 Å². The molecule has 28 heavy (non-hydrogen) atoms. The summed E-state index contributed by atoms with van der Waals surface area (Å²) in [6, 6.07) is 10.6. The van der Waals surface area contributed by atoms with E-state index in [1.807, 2.05) is 6.92 Å². The second kappa shape index (κ2) is 10.2. The summed E-state index contributed by atoms with van der Waals surface area (Å²) < 4.78 is 16.2. The monoisotopic (exact) mass is 387 g/mol. The van der Waals surface area contributed by atoms with Crippen molar-refractivity contribution in [3.05, 3.63) is 53.6 Å². The summed E-state index contributed by atoms with van der Waals surface area (Å²) in [7, 11) is 1.56. The number of amidine groups is 1. The van der Waals surface area contributed by atoms with E-state index in [1.165, 1.54) is 0 Å². The molecule has 8 nitrogen and oxygen atoms in total. The van der Waals surface area contributed by atoms with Crippen LogP contribution in [0.15, 0.2) is 42.5 Å². The minimum absolute atomic E-state index is 0.0559. The van der Waals surface area contributed by atoms with Gasteiger partial charge >= 0.3 is 5.97 Å². The highest BCUT2D eigenvalue weighted by atomic mass is 16.5. The predicted molar refractivity (Wildman–Crippen MR) is 106 cm³/mol. The highest BCUT2D eigenvalue weighted by molar-refractivity contribution is 5.95. The molecule has 0 heterocycles.